The van der Waals surface area contributed by atoms with Gasteiger partial charge in [0.1, 0.15) is 17.8 Å². The predicted octanol–water partition coefficient (Wildman–Crippen LogP) is 2.12. The van der Waals surface area contributed by atoms with E-state index in [-0.39, 0.29) is 24.3 Å². The van der Waals surface area contributed by atoms with Crippen LogP contribution in [0.1, 0.15) is 34.6 Å². The Bertz CT molecular complexity index is 769. The number of piperazine rings is 1. The first-order valence-corrected chi connectivity index (χ1v) is 8.79. The van der Waals surface area contributed by atoms with E-state index in [1.807, 2.05) is 6.92 Å². The summed E-state index contributed by atoms with van der Waals surface area (Å²) in [6, 6.07) is 6.04. The van der Waals surface area contributed by atoms with Crippen LogP contribution in [0.4, 0.5) is 10.1 Å². The Labute approximate surface area is 152 Å². The molecule has 140 valence electrons. The number of rotatable bonds is 5. The maximum absolute atomic E-state index is 13.9. The van der Waals surface area contributed by atoms with Gasteiger partial charge in [0, 0.05) is 37.4 Å². The van der Waals surface area contributed by atoms with Crippen LogP contribution >= 0.6 is 0 Å². The molecule has 1 aliphatic rings. The molecule has 26 heavy (non-hydrogen) atoms. The van der Waals surface area contributed by atoms with E-state index in [0.717, 1.165) is 37.4 Å². The van der Waals surface area contributed by atoms with E-state index in [0.29, 0.717) is 11.3 Å². The highest BCUT2D eigenvalue weighted by Gasteiger charge is 2.22. The molecule has 1 fully saturated rings. The molecule has 1 aliphatic heterocycles. The molecular formula is C19H25FN4O2. The minimum atomic E-state index is -0.343. The van der Waals surface area contributed by atoms with Crippen LogP contribution < -0.4 is 16.0 Å². The lowest BCUT2D eigenvalue weighted by atomic mass is 10.0. The van der Waals surface area contributed by atoms with Gasteiger partial charge in [0.15, 0.2) is 0 Å². The van der Waals surface area contributed by atoms with E-state index < -0.39 is 0 Å². The fourth-order valence-electron chi connectivity index (χ4n) is 3.17. The summed E-state index contributed by atoms with van der Waals surface area (Å²) in [6.45, 7) is 5.74. The normalized spacial score (nSPS) is 16.5. The number of halogens is 1. The molecule has 1 amide bonds. The van der Waals surface area contributed by atoms with Crippen molar-refractivity contribution in [1.82, 2.24) is 10.2 Å². The third kappa shape index (κ3) is 4.05. The smallest absolute Gasteiger partial charge is 0.255 e. The topological polar surface area (TPSA) is 74.7 Å². The summed E-state index contributed by atoms with van der Waals surface area (Å²) < 4.78 is 19.1. The summed E-state index contributed by atoms with van der Waals surface area (Å²) in [5.74, 6) is -0.0334. The lowest BCUT2D eigenvalue weighted by Gasteiger charge is -2.36. The molecule has 2 aromatic rings. The summed E-state index contributed by atoms with van der Waals surface area (Å²) in [6.07, 6.45) is 1.39. The first-order valence-electron chi connectivity index (χ1n) is 8.79. The maximum atomic E-state index is 13.9. The van der Waals surface area contributed by atoms with Gasteiger partial charge in [0.2, 0.25) is 0 Å². The van der Waals surface area contributed by atoms with Crippen LogP contribution in [0, 0.1) is 5.82 Å². The molecule has 1 saturated heterocycles. The number of nitrogens with two attached hydrogens (primary N) is 1. The Balaban J connectivity index is 1.78. The number of anilines is 1. The van der Waals surface area contributed by atoms with Crippen LogP contribution in [0.25, 0.3) is 0 Å². The van der Waals surface area contributed by atoms with Crippen molar-refractivity contribution in [1.29, 1.82) is 0 Å². The number of benzene rings is 1. The number of amides is 1. The minimum Gasteiger partial charge on any atom is -0.467 e. The summed E-state index contributed by atoms with van der Waals surface area (Å²) in [5.41, 5.74) is 7.65. The van der Waals surface area contributed by atoms with Crippen molar-refractivity contribution in [2.45, 2.75) is 19.5 Å². The van der Waals surface area contributed by atoms with Gasteiger partial charge < -0.3 is 25.3 Å². The fourth-order valence-corrected chi connectivity index (χ4v) is 3.17. The molecule has 0 radical (unpaired) electrons. The van der Waals surface area contributed by atoms with E-state index in [2.05, 4.69) is 22.2 Å². The predicted molar refractivity (Wildman–Crippen MR) is 98.6 cm³/mol. The van der Waals surface area contributed by atoms with Gasteiger partial charge in [0.05, 0.1) is 18.2 Å². The van der Waals surface area contributed by atoms with Crippen molar-refractivity contribution in [2.75, 3.05) is 38.1 Å². The van der Waals surface area contributed by atoms with Crippen LogP contribution in [0.3, 0.4) is 0 Å². The summed E-state index contributed by atoms with van der Waals surface area (Å²) in [5, 5.41) is 2.92. The van der Waals surface area contributed by atoms with Crippen molar-refractivity contribution in [3.63, 3.8) is 0 Å². The van der Waals surface area contributed by atoms with Crippen LogP contribution in [0.2, 0.25) is 0 Å². The van der Waals surface area contributed by atoms with Gasteiger partial charge in [-0.05, 0) is 38.2 Å². The van der Waals surface area contributed by atoms with Crippen LogP contribution in [0.5, 0.6) is 0 Å². The number of furan rings is 1. The molecule has 1 unspecified atom stereocenters. The minimum absolute atomic E-state index is 0.236. The molecule has 1 aromatic heterocycles. The Morgan fingerprint density at radius 1 is 1.31 bits per heavy atom. The van der Waals surface area contributed by atoms with E-state index >= 15 is 0 Å². The third-order valence-electron chi connectivity index (χ3n) is 4.76. The number of nitrogens with zero attached hydrogens (tertiary/aromatic N) is 2. The largest absolute Gasteiger partial charge is 0.467 e. The molecule has 2 heterocycles. The van der Waals surface area contributed by atoms with Crippen LogP contribution in [-0.2, 0) is 6.54 Å². The summed E-state index contributed by atoms with van der Waals surface area (Å²) in [7, 11) is 2.09. The highest BCUT2D eigenvalue weighted by molar-refractivity contribution is 5.94. The molecule has 1 atom stereocenters. The van der Waals surface area contributed by atoms with Crippen molar-refractivity contribution in [2.24, 2.45) is 5.73 Å². The first-order chi connectivity index (χ1) is 12.5. The zero-order chi connectivity index (χ0) is 18.7. The average Bonchev–Trinajstić information content (AvgIpc) is 3.12. The monoisotopic (exact) mass is 360 g/mol. The third-order valence-corrected chi connectivity index (χ3v) is 4.76. The van der Waals surface area contributed by atoms with E-state index in [1.165, 1.54) is 18.4 Å². The number of hydrogen-bond donors (Lipinski definition) is 2. The summed E-state index contributed by atoms with van der Waals surface area (Å²) >= 11 is 0. The van der Waals surface area contributed by atoms with Gasteiger partial charge >= 0.3 is 0 Å². The Kier molecular flexibility index (Phi) is 5.58. The molecule has 0 aliphatic carbocycles. The second-order valence-electron chi connectivity index (χ2n) is 6.69. The fraction of sp³-hybridized carbons (Fsp3) is 0.421. The number of carbonyl (C=O) groups excluding carboxylic acids is 1. The van der Waals surface area contributed by atoms with Gasteiger partial charge in [-0.25, -0.2) is 4.39 Å². The van der Waals surface area contributed by atoms with Gasteiger partial charge in [0.25, 0.3) is 5.91 Å². The van der Waals surface area contributed by atoms with Crippen LogP contribution in [0.15, 0.2) is 34.9 Å². The standard InChI is InChI=1S/C19H25FN4O2/c1-13(22-19(25)14-9-16(11-21)26-12-14)17-10-15(20)3-4-18(17)24-7-5-23(2)6-8-24/h3-4,9-10,12-13H,5-8,11,21H2,1-2H3,(H,22,25). The first kappa shape index (κ1) is 18.4. The number of nitrogens with one attached hydrogen (secondary N) is 1. The van der Waals surface area contributed by atoms with Crippen molar-refractivity contribution in [3.8, 4) is 0 Å². The molecule has 3 rings (SSSR count). The molecule has 7 heteroatoms. The second kappa shape index (κ2) is 7.88. The van der Waals surface area contributed by atoms with Gasteiger partial charge in [-0.1, -0.05) is 0 Å². The molecule has 1 aromatic carbocycles. The lowest BCUT2D eigenvalue weighted by molar-refractivity contribution is 0.0939. The number of hydrogen-bond acceptors (Lipinski definition) is 5. The van der Waals surface area contributed by atoms with E-state index in [9.17, 15) is 9.18 Å². The van der Waals surface area contributed by atoms with E-state index in [4.69, 9.17) is 10.2 Å². The van der Waals surface area contributed by atoms with Crippen molar-refractivity contribution < 1.29 is 13.6 Å². The molecule has 0 spiro atoms. The molecule has 6 nitrogen and oxygen atoms in total. The zero-order valence-electron chi connectivity index (χ0n) is 15.2. The SMILES string of the molecule is CC(NC(=O)c1coc(CN)c1)c1cc(F)ccc1N1CCN(C)CC1. The van der Waals surface area contributed by atoms with Gasteiger partial charge in [-0.15, -0.1) is 0 Å². The maximum Gasteiger partial charge on any atom is 0.255 e. The van der Waals surface area contributed by atoms with Crippen molar-refractivity contribution in [3.05, 3.63) is 53.2 Å². The lowest BCUT2D eigenvalue weighted by Crippen LogP contribution is -2.45. The van der Waals surface area contributed by atoms with Crippen LogP contribution in [-0.4, -0.2) is 44.0 Å². The highest BCUT2D eigenvalue weighted by atomic mass is 19.1. The Hall–Kier alpha value is -2.38. The Morgan fingerprint density at radius 2 is 2.04 bits per heavy atom. The quantitative estimate of drug-likeness (QED) is 0.854. The Morgan fingerprint density at radius 3 is 2.69 bits per heavy atom. The summed E-state index contributed by atoms with van der Waals surface area (Å²) in [4.78, 5) is 16.9. The second-order valence-corrected chi connectivity index (χ2v) is 6.69. The van der Waals surface area contributed by atoms with Crippen molar-refractivity contribution >= 4 is 11.6 Å². The molecule has 3 N–H and O–H groups in total. The molecule has 0 bridgehead atoms. The average molecular weight is 360 g/mol. The highest BCUT2D eigenvalue weighted by Crippen LogP contribution is 2.28. The number of likely N-dealkylation sites (N-methyl/N-ethyl adjacent to an activating group) is 1. The zero-order valence-corrected chi connectivity index (χ0v) is 15.2. The molecular weight excluding hydrogens is 335 g/mol. The van der Waals surface area contributed by atoms with Gasteiger partial charge in [-0.2, -0.15) is 0 Å². The van der Waals surface area contributed by atoms with E-state index in [1.54, 1.807) is 12.1 Å². The van der Waals surface area contributed by atoms with Gasteiger partial charge in [-0.3, -0.25) is 4.79 Å². The molecule has 0 saturated carbocycles. The number of carbonyl (C=O) groups is 1.